The van der Waals surface area contributed by atoms with Crippen molar-refractivity contribution in [2.24, 2.45) is 5.92 Å². The van der Waals surface area contributed by atoms with E-state index in [-0.39, 0.29) is 0 Å². The first kappa shape index (κ1) is 15.2. The molecule has 0 unspecified atom stereocenters. The third kappa shape index (κ3) is 3.88. The maximum atomic E-state index is 5.34. The zero-order chi connectivity index (χ0) is 15.2. The highest BCUT2D eigenvalue weighted by molar-refractivity contribution is 5.83. The van der Waals surface area contributed by atoms with Crippen molar-refractivity contribution in [3.8, 4) is 11.5 Å². The van der Waals surface area contributed by atoms with Gasteiger partial charge in [0.15, 0.2) is 0 Å². The molecule has 2 heteroatoms. The molecule has 0 aliphatic rings. The molecule has 2 aromatic carbocycles. The van der Waals surface area contributed by atoms with Gasteiger partial charge in [0.05, 0.1) is 14.2 Å². The van der Waals surface area contributed by atoms with Crippen LogP contribution in [-0.2, 0) is 0 Å². The van der Waals surface area contributed by atoms with Gasteiger partial charge < -0.3 is 9.47 Å². The largest absolute Gasteiger partial charge is 0.497 e. The Balaban J connectivity index is 2.48. The third-order valence-electron chi connectivity index (χ3n) is 3.43. The zero-order valence-corrected chi connectivity index (χ0v) is 13.1. The van der Waals surface area contributed by atoms with Gasteiger partial charge in [0.25, 0.3) is 0 Å². The summed E-state index contributed by atoms with van der Waals surface area (Å²) in [6.45, 7) is 4.41. The summed E-state index contributed by atoms with van der Waals surface area (Å²) >= 11 is 0. The van der Waals surface area contributed by atoms with E-state index in [2.05, 4.69) is 44.2 Å². The van der Waals surface area contributed by atoms with Crippen LogP contribution in [0.15, 0.2) is 48.5 Å². The average molecular weight is 282 g/mol. The molecule has 0 heterocycles. The maximum absolute atomic E-state index is 5.34. The minimum absolute atomic E-state index is 0.435. The summed E-state index contributed by atoms with van der Waals surface area (Å²) in [6.07, 6.45) is 2.20. The summed E-state index contributed by atoms with van der Waals surface area (Å²) in [6, 6.07) is 16.4. The van der Waals surface area contributed by atoms with Crippen LogP contribution in [0.3, 0.4) is 0 Å². The Morgan fingerprint density at radius 1 is 0.905 bits per heavy atom. The van der Waals surface area contributed by atoms with Crippen molar-refractivity contribution in [1.29, 1.82) is 0 Å². The lowest BCUT2D eigenvalue weighted by atomic mass is 9.93. The normalized spacial score (nSPS) is 11.6. The standard InChI is InChI=1S/C19H22O2/c1-14(2)19(16-8-6-5-7-9-16)12-15-10-17(20-3)13-18(11-15)21-4/h5-14H,1-4H3. The van der Waals surface area contributed by atoms with Crippen LogP contribution in [0.25, 0.3) is 11.6 Å². The van der Waals surface area contributed by atoms with Crippen LogP contribution in [0.4, 0.5) is 0 Å². The molecule has 0 aliphatic carbocycles. The van der Waals surface area contributed by atoms with E-state index in [1.54, 1.807) is 14.2 Å². The second kappa shape index (κ2) is 6.98. The molecule has 0 bridgehead atoms. The molecule has 0 aliphatic heterocycles. The van der Waals surface area contributed by atoms with Crippen LogP contribution in [0.2, 0.25) is 0 Å². The van der Waals surface area contributed by atoms with Gasteiger partial charge in [-0.05, 0) is 34.8 Å². The first-order valence-corrected chi connectivity index (χ1v) is 7.14. The molecule has 2 rings (SSSR count). The molecule has 0 spiro atoms. The number of hydrogen-bond donors (Lipinski definition) is 0. The van der Waals surface area contributed by atoms with Crippen LogP contribution < -0.4 is 9.47 Å². The van der Waals surface area contributed by atoms with Gasteiger partial charge in [-0.1, -0.05) is 50.3 Å². The minimum Gasteiger partial charge on any atom is -0.497 e. The lowest BCUT2D eigenvalue weighted by molar-refractivity contribution is 0.394. The van der Waals surface area contributed by atoms with Gasteiger partial charge in [-0.15, -0.1) is 0 Å². The number of benzene rings is 2. The molecule has 0 N–H and O–H groups in total. The Kier molecular flexibility index (Phi) is 5.04. The van der Waals surface area contributed by atoms with Crippen molar-refractivity contribution in [2.45, 2.75) is 13.8 Å². The van der Waals surface area contributed by atoms with E-state index in [1.165, 1.54) is 11.1 Å². The second-order valence-electron chi connectivity index (χ2n) is 5.27. The Labute approximate surface area is 127 Å². The van der Waals surface area contributed by atoms with Crippen LogP contribution in [0.5, 0.6) is 11.5 Å². The lowest BCUT2D eigenvalue weighted by Crippen LogP contribution is -1.94. The molecule has 0 fully saturated rings. The number of hydrogen-bond acceptors (Lipinski definition) is 2. The molecular weight excluding hydrogens is 260 g/mol. The summed E-state index contributed by atoms with van der Waals surface area (Å²) in [5.41, 5.74) is 3.62. The molecule has 110 valence electrons. The van der Waals surface area contributed by atoms with Gasteiger partial charge >= 0.3 is 0 Å². The van der Waals surface area contributed by atoms with Gasteiger partial charge in [-0.25, -0.2) is 0 Å². The van der Waals surface area contributed by atoms with E-state index in [0.29, 0.717) is 5.92 Å². The SMILES string of the molecule is COc1cc(C=C(c2ccccc2)C(C)C)cc(OC)c1. The summed E-state index contributed by atoms with van der Waals surface area (Å²) in [5, 5.41) is 0. The molecule has 0 amide bonds. The first-order valence-electron chi connectivity index (χ1n) is 7.14. The molecule has 0 atom stereocenters. The second-order valence-corrected chi connectivity index (χ2v) is 5.27. The summed E-state index contributed by atoms with van der Waals surface area (Å²) in [5.74, 6) is 2.04. The van der Waals surface area contributed by atoms with E-state index in [9.17, 15) is 0 Å². The minimum atomic E-state index is 0.435. The van der Waals surface area contributed by atoms with Crippen LogP contribution in [0.1, 0.15) is 25.0 Å². The Morgan fingerprint density at radius 2 is 1.48 bits per heavy atom. The van der Waals surface area contributed by atoms with Gasteiger partial charge in [0.2, 0.25) is 0 Å². The fourth-order valence-corrected chi connectivity index (χ4v) is 2.31. The molecule has 2 nitrogen and oxygen atoms in total. The van der Waals surface area contributed by atoms with Crippen molar-refractivity contribution >= 4 is 11.6 Å². The number of rotatable bonds is 5. The summed E-state index contributed by atoms with van der Waals surface area (Å²) < 4.78 is 10.7. The number of ether oxygens (including phenoxy) is 2. The van der Waals surface area contributed by atoms with Crippen molar-refractivity contribution in [3.63, 3.8) is 0 Å². The highest BCUT2D eigenvalue weighted by Crippen LogP contribution is 2.29. The van der Waals surface area contributed by atoms with Crippen LogP contribution >= 0.6 is 0 Å². The van der Waals surface area contributed by atoms with Crippen molar-refractivity contribution in [3.05, 3.63) is 59.7 Å². The van der Waals surface area contributed by atoms with Gasteiger partial charge in [0.1, 0.15) is 11.5 Å². The van der Waals surface area contributed by atoms with Gasteiger partial charge in [-0.2, -0.15) is 0 Å². The fraction of sp³-hybridized carbons (Fsp3) is 0.263. The van der Waals surface area contributed by atoms with E-state index in [4.69, 9.17) is 9.47 Å². The highest BCUT2D eigenvalue weighted by atomic mass is 16.5. The molecule has 0 saturated carbocycles. The smallest absolute Gasteiger partial charge is 0.123 e. The number of allylic oxidation sites excluding steroid dienone is 1. The molecule has 21 heavy (non-hydrogen) atoms. The predicted octanol–water partition coefficient (Wildman–Crippen LogP) is 4.90. The zero-order valence-electron chi connectivity index (χ0n) is 13.1. The molecule has 0 aromatic heterocycles. The summed E-state index contributed by atoms with van der Waals surface area (Å²) in [4.78, 5) is 0. The molecular formula is C19H22O2. The summed E-state index contributed by atoms with van der Waals surface area (Å²) in [7, 11) is 3.34. The highest BCUT2D eigenvalue weighted by Gasteiger charge is 2.08. The average Bonchev–Trinajstić information content (AvgIpc) is 2.52. The van der Waals surface area contributed by atoms with Crippen molar-refractivity contribution in [1.82, 2.24) is 0 Å². The number of methoxy groups -OCH3 is 2. The molecule has 2 aromatic rings. The quantitative estimate of drug-likeness (QED) is 0.726. The Hall–Kier alpha value is -2.22. The Morgan fingerprint density at radius 3 is 1.95 bits per heavy atom. The Bertz CT molecular complexity index is 590. The molecule has 0 radical (unpaired) electrons. The monoisotopic (exact) mass is 282 g/mol. The fourth-order valence-electron chi connectivity index (χ4n) is 2.31. The lowest BCUT2D eigenvalue weighted by Gasteiger charge is -2.13. The van der Waals surface area contributed by atoms with E-state index in [1.807, 2.05) is 24.3 Å². The van der Waals surface area contributed by atoms with Crippen LogP contribution in [-0.4, -0.2) is 14.2 Å². The predicted molar refractivity (Wildman–Crippen MR) is 88.7 cm³/mol. The van der Waals surface area contributed by atoms with E-state index < -0.39 is 0 Å². The topological polar surface area (TPSA) is 18.5 Å². The van der Waals surface area contributed by atoms with Crippen LogP contribution in [0, 0.1) is 5.92 Å². The van der Waals surface area contributed by atoms with E-state index >= 15 is 0 Å². The van der Waals surface area contributed by atoms with Gasteiger partial charge in [-0.3, -0.25) is 0 Å². The molecule has 0 saturated heterocycles. The first-order chi connectivity index (χ1) is 10.1. The maximum Gasteiger partial charge on any atom is 0.123 e. The van der Waals surface area contributed by atoms with Gasteiger partial charge in [0, 0.05) is 6.07 Å². The van der Waals surface area contributed by atoms with E-state index in [0.717, 1.165) is 17.1 Å². The third-order valence-corrected chi connectivity index (χ3v) is 3.43. The van der Waals surface area contributed by atoms with Crippen molar-refractivity contribution in [2.75, 3.05) is 14.2 Å². The van der Waals surface area contributed by atoms with Crippen molar-refractivity contribution < 1.29 is 9.47 Å².